The molecule has 0 aliphatic carbocycles. The van der Waals surface area contributed by atoms with E-state index in [1.165, 1.54) is 0 Å². The van der Waals surface area contributed by atoms with Crippen LogP contribution in [0.4, 0.5) is 0 Å². The summed E-state index contributed by atoms with van der Waals surface area (Å²) in [5.41, 5.74) is 0. The molecule has 0 radical (unpaired) electrons. The molecule has 546 valence electrons. The van der Waals surface area contributed by atoms with E-state index in [-0.39, 0.29) is 0 Å². The molecule has 43 nitrogen and oxygen atoms in total. The number of rotatable bonds is 22. The van der Waals surface area contributed by atoms with Crippen LogP contribution in [0.5, 0.6) is 0 Å². The van der Waals surface area contributed by atoms with Gasteiger partial charge in [0.2, 0.25) is 0 Å². The van der Waals surface area contributed by atoms with Crippen molar-refractivity contribution in [3.05, 3.63) is 0 Å². The zero-order valence-electron chi connectivity index (χ0n) is 49.3. The molecule has 94 heavy (non-hydrogen) atoms. The Morgan fingerprint density at radius 2 is 0.660 bits per heavy atom. The molecule has 25 N–H and O–H groups in total. The first-order valence-corrected chi connectivity index (χ1v) is 29.7. The molecule has 9 heterocycles. The summed E-state index contributed by atoms with van der Waals surface area (Å²) in [6.45, 7) is -6.33. The summed E-state index contributed by atoms with van der Waals surface area (Å²) in [5, 5.41) is 269. The predicted octanol–water partition coefficient (Wildman–Crippen LogP) is -17.6. The Balaban J connectivity index is 0.793. The SMILES string of the molecule is C[C@@]1(C(=O)O)OC[C@H]2O[C@@H](O[C@@H]3[C@@H](O)[C@H](O[C@@H]4[C@@H](O)[C@H](OC[C@H]5O[C@@H](OC[C@H]6O[C@@H](O[C@H]7[C@H](O)[C@@H](O)[C@H](O[C@H]8[C@H](O)[C@@H](O)[C@H](O[C@@H]9[C@@H](O)[C@H](O)O[C@H](CO)[C@H]9O)O[C@@H]8CO)O[C@@H]7CO)[C@H](O)[C@@H](O)[C@@H]6O)[C@H](O)[C@@H](O)[C@@H]5O)O[C@H](CO)[C@H]4O)O[C@H](CO)[C@H]3O)[C@H](O)[C@@H](O)[C@@H]2O1. The average Bonchev–Trinajstić information content (AvgIpc) is 0.777. The van der Waals surface area contributed by atoms with E-state index in [1.807, 2.05) is 0 Å². The molecule has 0 spiro atoms. The van der Waals surface area contributed by atoms with E-state index >= 15 is 0 Å². The monoisotopic (exact) mass is 1380 g/mol. The number of ether oxygens (including phenoxy) is 17. The van der Waals surface area contributed by atoms with Crippen LogP contribution in [0, 0.1) is 0 Å². The lowest BCUT2D eigenvalue weighted by Crippen LogP contribution is -2.69. The quantitative estimate of drug-likeness (QED) is 0.0479. The first-order valence-electron chi connectivity index (χ1n) is 29.7. The van der Waals surface area contributed by atoms with Gasteiger partial charge in [0.25, 0.3) is 5.79 Å². The van der Waals surface area contributed by atoms with E-state index < -0.39 is 310 Å². The van der Waals surface area contributed by atoms with E-state index in [0.29, 0.717) is 0 Å². The van der Waals surface area contributed by atoms with Gasteiger partial charge >= 0.3 is 5.97 Å². The second-order valence-corrected chi connectivity index (χ2v) is 23.9. The summed E-state index contributed by atoms with van der Waals surface area (Å²) in [7, 11) is 0. The van der Waals surface area contributed by atoms with Crippen LogP contribution in [0.2, 0.25) is 0 Å². The number of aliphatic carboxylic acids is 1. The van der Waals surface area contributed by atoms with Crippen molar-refractivity contribution in [2.75, 3.05) is 52.9 Å². The summed E-state index contributed by atoms with van der Waals surface area (Å²) in [6, 6.07) is 0. The molecule has 9 aliphatic rings. The highest BCUT2D eigenvalue weighted by molar-refractivity contribution is 5.75. The molecule has 0 bridgehead atoms. The number of fused-ring (bicyclic) bond motifs is 1. The molecular formula is C51H84O43. The van der Waals surface area contributed by atoms with Crippen molar-refractivity contribution in [2.24, 2.45) is 0 Å². The lowest BCUT2D eigenvalue weighted by Gasteiger charge is -2.50. The molecule has 9 fully saturated rings. The largest absolute Gasteiger partial charge is 0.477 e. The summed E-state index contributed by atoms with van der Waals surface area (Å²) >= 11 is 0. The second-order valence-electron chi connectivity index (χ2n) is 23.9. The van der Waals surface area contributed by atoms with Gasteiger partial charge in [-0.25, -0.2) is 4.79 Å². The molecule has 9 aliphatic heterocycles. The summed E-state index contributed by atoms with van der Waals surface area (Å²) < 4.78 is 94.4. The summed E-state index contributed by atoms with van der Waals surface area (Å²) in [6.07, 6.45) is -78.1. The molecular weight excluding hydrogens is 1300 g/mol. The highest BCUT2D eigenvalue weighted by atomic mass is 16.8. The van der Waals surface area contributed by atoms with Gasteiger partial charge in [-0.1, -0.05) is 0 Å². The number of hydrogen-bond acceptors (Lipinski definition) is 42. The van der Waals surface area contributed by atoms with E-state index in [4.69, 9.17) is 80.5 Å². The van der Waals surface area contributed by atoms with Crippen molar-refractivity contribution >= 4 is 5.97 Å². The van der Waals surface area contributed by atoms with Crippen molar-refractivity contribution in [1.29, 1.82) is 0 Å². The van der Waals surface area contributed by atoms with Crippen molar-refractivity contribution in [1.82, 2.24) is 0 Å². The fourth-order valence-corrected chi connectivity index (χ4v) is 12.0. The maximum absolute atomic E-state index is 11.7. The van der Waals surface area contributed by atoms with E-state index in [0.717, 1.165) is 6.92 Å². The van der Waals surface area contributed by atoms with Gasteiger partial charge in [-0.05, 0) is 0 Å². The average molecular weight is 1390 g/mol. The lowest BCUT2D eigenvalue weighted by molar-refractivity contribution is -0.402. The smallest absolute Gasteiger partial charge is 0.364 e. The fraction of sp³-hybridized carbons (Fsp3) is 0.980. The van der Waals surface area contributed by atoms with E-state index in [2.05, 4.69) is 0 Å². The number of aliphatic hydroxyl groups excluding tert-OH is 24. The molecule has 0 aromatic carbocycles. The third-order valence-electron chi connectivity index (χ3n) is 17.7. The topological polar surface area (TPSA) is 680 Å². The molecule has 9 rings (SSSR count). The number of carboxylic acids is 1. The maximum atomic E-state index is 11.7. The normalized spacial score (nSPS) is 53.6. The number of carboxylic acid groups (broad SMARTS) is 1. The van der Waals surface area contributed by atoms with Crippen LogP contribution in [0.3, 0.4) is 0 Å². The third-order valence-corrected chi connectivity index (χ3v) is 17.7. The molecule has 0 unspecified atom stereocenters. The summed E-state index contributed by atoms with van der Waals surface area (Å²) in [4.78, 5) is 11.7. The van der Waals surface area contributed by atoms with Crippen molar-refractivity contribution < 1.29 is 213 Å². The Bertz CT molecular complexity index is 2370. The number of carbonyl (C=O) groups is 1. The Labute approximate surface area is 529 Å². The van der Waals surface area contributed by atoms with Gasteiger partial charge in [-0.15, -0.1) is 0 Å². The minimum Gasteiger partial charge on any atom is -0.477 e. The lowest BCUT2D eigenvalue weighted by atomic mass is 9.95. The minimum atomic E-state index is -2.25. The number of hydrogen-bond donors (Lipinski definition) is 25. The first kappa shape index (κ1) is 76.0. The van der Waals surface area contributed by atoms with Crippen LogP contribution in [-0.4, -0.2) is 438 Å². The fourth-order valence-electron chi connectivity index (χ4n) is 12.0. The highest BCUT2D eigenvalue weighted by Gasteiger charge is 2.60. The number of aliphatic hydroxyl groups is 24. The van der Waals surface area contributed by atoms with Crippen LogP contribution in [0.25, 0.3) is 0 Å². The van der Waals surface area contributed by atoms with E-state index in [9.17, 15) is 132 Å². The molecule has 0 saturated carbocycles. The summed E-state index contributed by atoms with van der Waals surface area (Å²) in [5.74, 6) is -3.81. The standard InChI is InChI=1S/C51H84O43/c1-51(50(76)77)80-9-17-38(94-51)27(66)32(71)48(88-17)92-41-22(61)12(4-54)83-49(35(41)74)93-40-21(60)11(3-53)82-44(34(40)73)79-7-15-18(57)23(62)28(67)43(86-15)78-8-16-19(58)24(63)29(68)45(87-16)89-36-13(5-55)84-46(30(69)25(36)64)90-37-14(6-56)85-47(31(70)26(37)65)91-39-20(59)10(2-52)81-42(75)33(39)72/h10-49,52-75H,2-9H2,1H3,(H,76,77)/t10-,11-,12-,13-,14-,15-,16-,17-,18-,19-,20-,21-,22-,23+,24+,25-,26-,27-,28-,29-,30-,31-,32-,33-,34-,35-,36-,37-,38-,39+,40+,41+,42-,43-,44-,45+,46+,47+,48+,49+,51-/m1/s1. The van der Waals surface area contributed by atoms with Crippen molar-refractivity contribution in [2.45, 2.75) is 258 Å². The minimum absolute atomic E-state index is 0.518. The van der Waals surface area contributed by atoms with Gasteiger partial charge in [0.15, 0.2) is 50.3 Å². The van der Waals surface area contributed by atoms with Gasteiger partial charge in [0.05, 0.1) is 52.9 Å². The first-order chi connectivity index (χ1) is 44.4. The Morgan fingerprint density at radius 3 is 1.11 bits per heavy atom. The van der Waals surface area contributed by atoms with Crippen LogP contribution in [-0.2, 0) is 85.3 Å². The molecule has 43 heteroatoms. The van der Waals surface area contributed by atoms with Gasteiger partial charge < -0.3 is 208 Å². The van der Waals surface area contributed by atoms with E-state index in [1.54, 1.807) is 0 Å². The Kier molecular flexibility index (Phi) is 25.7. The van der Waals surface area contributed by atoms with Crippen LogP contribution >= 0.6 is 0 Å². The third kappa shape index (κ3) is 15.4. The zero-order valence-corrected chi connectivity index (χ0v) is 49.3. The molecule has 41 atom stereocenters. The van der Waals surface area contributed by atoms with Crippen molar-refractivity contribution in [3.8, 4) is 0 Å². The van der Waals surface area contributed by atoms with Crippen LogP contribution in [0.15, 0.2) is 0 Å². The Morgan fingerprint density at radius 1 is 0.340 bits per heavy atom. The van der Waals surface area contributed by atoms with Crippen LogP contribution < -0.4 is 0 Å². The second kappa shape index (κ2) is 31.8. The Hall–Kier alpha value is -2.17. The van der Waals surface area contributed by atoms with Gasteiger partial charge in [0, 0.05) is 6.92 Å². The predicted molar refractivity (Wildman–Crippen MR) is 278 cm³/mol. The highest BCUT2D eigenvalue weighted by Crippen LogP contribution is 2.39. The van der Waals surface area contributed by atoms with Gasteiger partial charge in [-0.3, -0.25) is 0 Å². The van der Waals surface area contributed by atoms with Crippen LogP contribution in [0.1, 0.15) is 6.92 Å². The maximum Gasteiger partial charge on any atom is 0.364 e. The molecule has 0 aromatic heterocycles. The van der Waals surface area contributed by atoms with Gasteiger partial charge in [-0.2, -0.15) is 0 Å². The van der Waals surface area contributed by atoms with Crippen molar-refractivity contribution in [3.63, 3.8) is 0 Å². The zero-order chi connectivity index (χ0) is 68.8. The molecule has 0 aromatic rings. The van der Waals surface area contributed by atoms with Gasteiger partial charge in [0.1, 0.15) is 195 Å². The molecule has 9 saturated heterocycles. The molecule has 0 amide bonds.